The molecule has 2 bridgehead atoms. The molecular weight excluding hydrogens is 324 g/mol. The molecule has 1 unspecified atom stereocenters. The van der Waals surface area contributed by atoms with Crippen LogP contribution in [0.15, 0.2) is 47.1 Å². The van der Waals surface area contributed by atoms with Gasteiger partial charge < -0.3 is 0 Å². The van der Waals surface area contributed by atoms with Gasteiger partial charge in [0, 0.05) is 5.41 Å². The van der Waals surface area contributed by atoms with Gasteiger partial charge in [0.15, 0.2) is 0 Å². The highest BCUT2D eigenvalue weighted by atomic mass is 14.4. The third kappa shape index (κ3) is 3.73. The number of fused-ring (bicyclic) bond motifs is 1. The van der Waals surface area contributed by atoms with Crippen molar-refractivity contribution in [2.24, 2.45) is 0 Å². The number of allylic oxidation sites excluding steroid dienone is 6. The minimum atomic E-state index is 0.290. The van der Waals surface area contributed by atoms with Gasteiger partial charge in [-0.05, 0) is 93.1 Å². The Bertz CT molecular complexity index is 795. The van der Waals surface area contributed by atoms with Gasteiger partial charge in [0.25, 0.3) is 0 Å². The molecule has 0 radical (unpaired) electrons. The van der Waals surface area contributed by atoms with E-state index in [1.807, 2.05) is 0 Å². The van der Waals surface area contributed by atoms with Crippen molar-refractivity contribution in [3.63, 3.8) is 0 Å². The van der Waals surface area contributed by atoms with E-state index in [-0.39, 0.29) is 5.41 Å². The van der Waals surface area contributed by atoms with Gasteiger partial charge in [-0.1, -0.05) is 67.7 Å². The molecule has 4 rings (SSSR count). The number of rotatable bonds is 2. The zero-order valence-electron chi connectivity index (χ0n) is 17.7. The Balaban J connectivity index is 1.72. The Morgan fingerprint density at radius 2 is 1.78 bits per heavy atom. The van der Waals surface area contributed by atoms with E-state index in [1.54, 1.807) is 22.3 Å². The lowest BCUT2D eigenvalue weighted by atomic mass is 9.75. The van der Waals surface area contributed by atoms with E-state index in [0.29, 0.717) is 0 Å². The van der Waals surface area contributed by atoms with Crippen LogP contribution in [0.3, 0.4) is 0 Å². The quantitative estimate of drug-likeness (QED) is 0.500. The maximum absolute atomic E-state index is 2.59. The van der Waals surface area contributed by atoms with Crippen molar-refractivity contribution in [3.8, 4) is 0 Å². The summed E-state index contributed by atoms with van der Waals surface area (Å²) in [5, 5.41) is 0. The standard InChI is InChI=1S/C27H36/c1-4-27-15-8-6-5-7-12-24(17-22-10-9-11-22)20(2)16-23-13-14-25(21(3)19-27)26(27)18-23/h13-14,17-19H,4-12,15-16H2,1-3H3/b24-20+. The van der Waals surface area contributed by atoms with Crippen LogP contribution in [0.5, 0.6) is 0 Å². The van der Waals surface area contributed by atoms with Gasteiger partial charge in [-0.2, -0.15) is 0 Å². The van der Waals surface area contributed by atoms with Gasteiger partial charge in [-0.15, -0.1) is 0 Å². The van der Waals surface area contributed by atoms with E-state index >= 15 is 0 Å². The molecule has 0 heterocycles. The molecule has 3 aliphatic rings. The number of hydrogen-bond donors (Lipinski definition) is 0. The predicted molar refractivity (Wildman–Crippen MR) is 118 cm³/mol. The second-order valence-corrected chi connectivity index (χ2v) is 9.27. The van der Waals surface area contributed by atoms with E-state index in [1.165, 1.54) is 80.9 Å². The van der Waals surface area contributed by atoms with Crippen LogP contribution in [-0.4, -0.2) is 0 Å². The Hall–Kier alpha value is -1.56. The molecular formula is C27H36. The molecule has 0 aliphatic heterocycles. The van der Waals surface area contributed by atoms with Gasteiger partial charge in [-0.25, -0.2) is 0 Å². The topological polar surface area (TPSA) is 0 Å². The fraction of sp³-hybridized carbons (Fsp3) is 0.556. The SMILES string of the molecule is CCC12C=C(C)c3ccc(cc31)C/C(C)=C(/C=C1CCC1)CCCCCC2. The molecule has 1 saturated carbocycles. The summed E-state index contributed by atoms with van der Waals surface area (Å²) >= 11 is 0. The zero-order valence-corrected chi connectivity index (χ0v) is 17.7. The van der Waals surface area contributed by atoms with Crippen LogP contribution in [0.4, 0.5) is 0 Å². The van der Waals surface area contributed by atoms with Crippen molar-refractivity contribution in [2.75, 3.05) is 0 Å². The van der Waals surface area contributed by atoms with Gasteiger partial charge in [0.05, 0.1) is 0 Å². The smallest absolute Gasteiger partial charge is 0.0141 e. The minimum Gasteiger partial charge on any atom is -0.0704 e. The lowest BCUT2D eigenvalue weighted by Gasteiger charge is -2.28. The molecule has 0 N–H and O–H groups in total. The molecule has 1 fully saturated rings. The summed E-state index contributed by atoms with van der Waals surface area (Å²) in [6, 6.07) is 7.35. The molecule has 0 aromatic heterocycles. The maximum atomic E-state index is 2.59. The summed E-state index contributed by atoms with van der Waals surface area (Å²) < 4.78 is 0. The van der Waals surface area contributed by atoms with Crippen molar-refractivity contribution in [2.45, 2.75) is 96.8 Å². The molecule has 27 heavy (non-hydrogen) atoms. The van der Waals surface area contributed by atoms with Crippen molar-refractivity contribution in [1.82, 2.24) is 0 Å². The summed E-state index contributed by atoms with van der Waals surface area (Å²) in [5.41, 5.74) is 11.3. The summed E-state index contributed by atoms with van der Waals surface area (Å²) in [5.74, 6) is 0. The van der Waals surface area contributed by atoms with E-state index in [4.69, 9.17) is 0 Å². The fourth-order valence-electron chi connectivity index (χ4n) is 5.41. The summed E-state index contributed by atoms with van der Waals surface area (Å²) in [6.45, 7) is 7.08. The lowest BCUT2D eigenvalue weighted by Crippen LogP contribution is -2.21. The van der Waals surface area contributed by atoms with E-state index in [0.717, 1.165) is 6.42 Å². The van der Waals surface area contributed by atoms with Crippen LogP contribution in [0.1, 0.15) is 102 Å². The average molecular weight is 361 g/mol. The van der Waals surface area contributed by atoms with Crippen LogP contribution >= 0.6 is 0 Å². The molecule has 0 amide bonds. The third-order valence-electron chi connectivity index (χ3n) is 7.38. The van der Waals surface area contributed by atoms with Gasteiger partial charge in [0.1, 0.15) is 0 Å². The molecule has 144 valence electrons. The van der Waals surface area contributed by atoms with Crippen molar-refractivity contribution in [1.29, 1.82) is 0 Å². The van der Waals surface area contributed by atoms with E-state index < -0.39 is 0 Å². The second kappa shape index (κ2) is 7.82. The molecule has 0 nitrogen and oxygen atoms in total. The Morgan fingerprint density at radius 3 is 2.52 bits per heavy atom. The summed E-state index contributed by atoms with van der Waals surface area (Å²) in [4.78, 5) is 0. The molecule has 0 spiro atoms. The van der Waals surface area contributed by atoms with Crippen molar-refractivity contribution in [3.05, 3.63) is 63.8 Å². The van der Waals surface area contributed by atoms with Crippen molar-refractivity contribution < 1.29 is 0 Å². The maximum Gasteiger partial charge on any atom is 0.0141 e. The molecule has 3 aliphatic carbocycles. The van der Waals surface area contributed by atoms with Crippen LogP contribution in [0.2, 0.25) is 0 Å². The summed E-state index contributed by atoms with van der Waals surface area (Å²) in [7, 11) is 0. The lowest BCUT2D eigenvalue weighted by molar-refractivity contribution is 0.447. The summed E-state index contributed by atoms with van der Waals surface area (Å²) in [6.07, 6.45) is 19.6. The fourth-order valence-corrected chi connectivity index (χ4v) is 5.41. The highest BCUT2D eigenvalue weighted by Crippen LogP contribution is 2.46. The molecule has 0 heteroatoms. The molecule has 1 aromatic carbocycles. The molecule has 1 atom stereocenters. The van der Waals surface area contributed by atoms with Crippen LogP contribution in [0.25, 0.3) is 5.57 Å². The van der Waals surface area contributed by atoms with E-state index in [9.17, 15) is 0 Å². The van der Waals surface area contributed by atoms with Gasteiger partial charge in [0.2, 0.25) is 0 Å². The first-order valence-electron chi connectivity index (χ1n) is 11.3. The second-order valence-electron chi connectivity index (χ2n) is 9.27. The highest BCUT2D eigenvalue weighted by Gasteiger charge is 2.35. The van der Waals surface area contributed by atoms with Crippen LogP contribution in [-0.2, 0) is 11.8 Å². The Labute approximate surface area is 166 Å². The highest BCUT2D eigenvalue weighted by molar-refractivity contribution is 5.75. The first kappa shape index (κ1) is 18.8. The Kier molecular flexibility index (Phi) is 5.44. The van der Waals surface area contributed by atoms with Gasteiger partial charge >= 0.3 is 0 Å². The van der Waals surface area contributed by atoms with Crippen molar-refractivity contribution >= 4 is 5.57 Å². The molecule has 1 aromatic rings. The first-order valence-corrected chi connectivity index (χ1v) is 11.3. The predicted octanol–water partition coefficient (Wildman–Crippen LogP) is 8.07. The first-order chi connectivity index (χ1) is 13.1. The number of hydrogen-bond acceptors (Lipinski definition) is 0. The van der Waals surface area contributed by atoms with Crippen LogP contribution in [0, 0.1) is 0 Å². The zero-order chi connectivity index (χ0) is 18.9. The van der Waals surface area contributed by atoms with Gasteiger partial charge in [-0.3, -0.25) is 0 Å². The van der Waals surface area contributed by atoms with E-state index in [2.05, 4.69) is 51.1 Å². The average Bonchev–Trinajstić information content (AvgIpc) is 2.90. The Morgan fingerprint density at radius 1 is 0.963 bits per heavy atom. The number of benzene rings is 1. The monoisotopic (exact) mass is 360 g/mol. The largest absolute Gasteiger partial charge is 0.0704 e. The minimum absolute atomic E-state index is 0.290. The third-order valence-corrected chi connectivity index (χ3v) is 7.38. The van der Waals surface area contributed by atoms with Crippen LogP contribution < -0.4 is 0 Å². The normalized spacial score (nSPS) is 28.6. The molecule has 0 saturated heterocycles.